The number of rotatable bonds is 6. The molecule has 2 fully saturated rings. The van der Waals surface area contributed by atoms with Gasteiger partial charge in [-0.25, -0.2) is 23.3 Å². The van der Waals surface area contributed by atoms with Crippen molar-refractivity contribution < 1.29 is 13.6 Å². The molecule has 6 rings (SSSR count). The molecule has 5 heterocycles. The van der Waals surface area contributed by atoms with Crippen molar-refractivity contribution in [2.75, 3.05) is 36.5 Å². The Kier molecular flexibility index (Phi) is 7.09. The van der Waals surface area contributed by atoms with Crippen LogP contribution in [0.2, 0.25) is 0 Å². The molecule has 0 spiro atoms. The van der Waals surface area contributed by atoms with E-state index in [-0.39, 0.29) is 17.9 Å². The van der Waals surface area contributed by atoms with Gasteiger partial charge in [-0.15, -0.1) is 5.10 Å². The van der Waals surface area contributed by atoms with Gasteiger partial charge in [0.25, 0.3) is 5.91 Å². The highest BCUT2D eigenvalue weighted by molar-refractivity contribution is 5.84. The molecule has 2 saturated heterocycles. The molecule has 214 valence electrons. The van der Waals surface area contributed by atoms with Crippen LogP contribution < -0.4 is 9.80 Å². The van der Waals surface area contributed by atoms with Crippen LogP contribution in [0.25, 0.3) is 17.0 Å². The second kappa shape index (κ2) is 10.7. The number of alkyl halides is 1. The molecule has 2 aliphatic rings. The molecule has 0 saturated carbocycles. The number of imidazole rings is 1. The lowest BCUT2D eigenvalue weighted by Gasteiger charge is -2.38. The van der Waals surface area contributed by atoms with Crippen molar-refractivity contribution in [3.05, 3.63) is 72.2 Å². The third-order valence-electron chi connectivity index (χ3n) is 8.29. The second-order valence-electron chi connectivity index (χ2n) is 11.5. The van der Waals surface area contributed by atoms with E-state index in [1.165, 1.54) is 19.9 Å². The number of carbonyl (C=O) groups excluding carboxylic acids is 1. The van der Waals surface area contributed by atoms with Crippen molar-refractivity contribution in [1.29, 1.82) is 0 Å². The number of amides is 1. The summed E-state index contributed by atoms with van der Waals surface area (Å²) in [7, 11) is 1.69. The molecular formula is C31H35F2N7O. The van der Waals surface area contributed by atoms with Crippen LogP contribution in [0.3, 0.4) is 0 Å². The minimum Gasteiger partial charge on any atom is -0.356 e. The van der Waals surface area contributed by atoms with Crippen molar-refractivity contribution >= 4 is 23.2 Å². The summed E-state index contributed by atoms with van der Waals surface area (Å²) in [4.78, 5) is 27.9. The summed E-state index contributed by atoms with van der Waals surface area (Å²) in [5, 5.41) is 4.96. The van der Waals surface area contributed by atoms with E-state index in [2.05, 4.69) is 14.8 Å². The first-order chi connectivity index (χ1) is 19.7. The van der Waals surface area contributed by atoms with Crippen LogP contribution in [0.4, 0.5) is 20.4 Å². The highest BCUT2D eigenvalue weighted by atomic mass is 19.1. The fourth-order valence-corrected chi connectivity index (χ4v) is 6.10. The van der Waals surface area contributed by atoms with Gasteiger partial charge in [0.15, 0.2) is 11.3 Å². The molecule has 4 aromatic rings. The summed E-state index contributed by atoms with van der Waals surface area (Å²) in [5.41, 5.74) is 1.35. The van der Waals surface area contributed by atoms with Gasteiger partial charge < -0.3 is 14.7 Å². The van der Waals surface area contributed by atoms with Crippen LogP contribution in [0, 0.1) is 5.82 Å². The minimum absolute atomic E-state index is 0.000133. The van der Waals surface area contributed by atoms with E-state index in [1.807, 2.05) is 40.9 Å². The average Bonchev–Trinajstić information content (AvgIpc) is 3.63. The largest absolute Gasteiger partial charge is 0.356 e. The average molecular weight is 560 g/mol. The number of pyridine rings is 1. The third kappa shape index (κ3) is 5.35. The maximum absolute atomic E-state index is 14.2. The maximum atomic E-state index is 14.2. The van der Waals surface area contributed by atoms with Gasteiger partial charge in [0.05, 0.1) is 17.9 Å². The van der Waals surface area contributed by atoms with Crippen LogP contribution in [0.5, 0.6) is 0 Å². The Hall–Kier alpha value is -4.08. The predicted molar refractivity (Wildman–Crippen MR) is 155 cm³/mol. The fourth-order valence-electron chi connectivity index (χ4n) is 6.10. The van der Waals surface area contributed by atoms with E-state index in [1.54, 1.807) is 30.3 Å². The molecule has 0 bridgehead atoms. The summed E-state index contributed by atoms with van der Waals surface area (Å²) in [5.74, 6) is 0.954. The summed E-state index contributed by atoms with van der Waals surface area (Å²) in [6, 6.07) is 16.7. The minimum atomic E-state index is -1.88. The zero-order valence-electron chi connectivity index (χ0n) is 23.7. The predicted octanol–water partition coefficient (Wildman–Crippen LogP) is 5.45. The number of nitrogens with zero attached hydrogens (tertiary/aromatic N) is 7. The lowest BCUT2D eigenvalue weighted by Crippen LogP contribution is -2.50. The van der Waals surface area contributed by atoms with Gasteiger partial charge >= 0.3 is 0 Å². The molecule has 1 atom stereocenters. The van der Waals surface area contributed by atoms with Crippen LogP contribution >= 0.6 is 0 Å². The van der Waals surface area contributed by atoms with Gasteiger partial charge in [-0.3, -0.25) is 4.79 Å². The number of hydrogen-bond acceptors (Lipinski definition) is 6. The first-order valence-electron chi connectivity index (χ1n) is 14.2. The maximum Gasteiger partial charge on any atom is 0.259 e. The number of hydrogen-bond donors (Lipinski definition) is 0. The van der Waals surface area contributed by atoms with E-state index in [0.29, 0.717) is 0 Å². The summed E-state index contributed by atoms with van der Waals surface area (Å²) >= 11 is 0. The SMILES string of the molecule is CN(C(=O)C(C)(C)F)C1CCN(c2cccc(-c3cnc4ccc(N5CCCC5c5cccc(F)c5)nn34)n2)CC1. The fraction of sp³-hybridized carbons (Fsp3) is 0.419. The van der Waals surface area contributed by atoms with Gasteiger partial charge in [0, 0.05) is 32.7 Å². The number of carbonyl (C=O) groups is 1. The molecule has 1 amide bonds. The molecule has 0 N–H and O–H groups in total. The highest BCUT2D eigenvalue weighted by Crippen LogP contribution is 2.36. The molecule has 0 aliphatic carbocycles. The molecule has 3 aromatic heterocycles. The Bertz CT molecular complexity index is 1560. The Balaban J connectivity index is 1.22. The zero-order chi connectivity index (χ0) is 28.7. The Morgan fingerprint density at radius 1 is 1.00 bits per heavy atom. The van der Waals surface area contributed by atoms with Gasteiger partial charge in [-0.05, 0) is 81.5 Å². The van der Waals surface area contributed by atoms with Crippen molar-refractivity contribution in [2.45, 2.75) is 57.3 Å². The van der Waals surface area contributed by atoms with E-state index in [0.717, 1.165) is 79.6 Å². The molecule has 1 unspecified atom stereocenters. The van der Waals surface area contributed by atoms with E-state index in [9.17, 15) is 13.6 Å². The van der Waals surface area contributed by atoms with Crippen molar-refractivity contribution in [3.63, 3.8) is 0 Å². The monoisotopic (exact) mass is 559 g/mol. The quantitative estimate of drug-likeness (QED) is 0.313. The highest BCUT2D eigenvalue weighted by Gasteiger charge is 2.35. The number of piperidine rings is 1. The zero-order valence-corrected chi connectivity index (χ0v) is 23.7. The van der Waals surface area contributed by atoms with Crippen molar-refractivity contribution in [2.24, 2.45) is 0 Å². The summed E-state index contributed by atoms with van der Waals surface area (Å²) < 4.78 is 30.0. The molecule has 0 radical (unpaired) electrons. The topological polar surface area (TPSA) is 69.9 Å². The first kappa shape index (κ1) is 27.1. The van der Waals surface area contributed by atoms with Crippen molar-refractivity contribution in [1.82, 2.24) is 24.5 Å². The molecule has 41 heavy (non-hydrogen) atoms. The molecule has 10 heteroatoms. The normalized spacial score (nSPS) is 18.3. The van der Waals surface area contributed by atoms with Gasteiger partial charge in [0.1, 0.15) is 23.1 Å². The lowest BCUT2D eigenvalue weighted by atomic mass is 10.0. The van der Waals surface area contributed by atoms with Gasteiger partial charge in [-0.2, -0.15) is 0 Å². The number of aromatic nitrogens is 4. The Morgan fingerprint density at radius 2 is 1.78 bits per heavy atom. The molecule has 2 aliphatic heterocycles. The summed E-state index contributed by atoms with van der Waals surface area (Å²) in [6.07, 6.45) is 5.22. The Morgan fingerprint density at radius 3 is 2.54 bits per heavy atom. The van der Waals surface area contributed by atoms with E-state index >= 15 is 0 Å². The first-order valence-corrected chi connectivity index (χ1v) is 14.2. The van der Waals surface area contributed by atoms with Gasteiger partial charge in [0.2, 0.25) is 0 Å². The van der Waals surface area contributed by atoms with E-state index in [4.69, 9.17) is 10.1 Å². The summed E-state index contributed by atoms with van der Waals surface area (Å²) in [6.45, 7) is 4.90. The number of fused-ring (bicyclic) bond motifs is 1. The second-order valence-corrected chi connectivity index (χ2v) is 11.5. The van der Waals surface area contributed by atoms with Crippen LogP contribution in [-0.2, 0) is 4.79 Å². The number of halogens is 2. The standard InChI is InChI=1S/C31H35F2N7O/c1-31(2,33)30(41)37(3)23-14-17-38(18-15-23)28-11-5-9-24(35-28)26-20-34-27-12-13-29(36-40(26)27)39-16-6-10-25(39)21-7-4-8-22(32)19-21/h4-5,7-9,11-13,19-20,23,25H,6,10,14-18H2,1-3H3. The van der Waals surface area contributed by atoms with Crippen LogP contribution in [-0.4, -0.2) is 68.8 Å². The molecule has 8 nitrogen and oxygen atoms in total. The van der Waals surface area contributed by atoms with Crippen LogP contribution in [0.15, 0.2) is 60.8 Å². The van der Waals surface area contributed by atoms with E-state index < -0.39 is 11.6 Å². The number of anilines is 2. The Labute approximate surface area is 238 Å². The molecular weight excluding hydrogens is 524 g/mol. The van der Waals surface area contributed by atoms with Crippen molar-refractivity contribution in [3.8, 4) is 11.4 Å². The van der Waals surface area contributed by atoms with Crippen LogP contribution in [0.1, 0.15) is 51.1 Å². The lowest BCUT2D eigenvalue weighted by molar-refractivity contribution is -0.143. The van der Waals surface area contributed by atoms with Gasteiger partial charge in [-0.1, -0.05) is 18.2 Å². The number of benzene rings is 1. The molecule has 1 aromatic carbocycles. The third-order valence-corrected chi connectivity index (χ3v) is 8.29. The smallest absolute Gasteiger partial charge is 0.259 e.